The molecule has 0 rings (SSSR count). The highest BCUT2D eigenvalue weighted by atomic mass is 16.1. The van der Waals surface area contributed by atoms with Gasteiger partial charge in [0.05, 0.1) is 0 Å². The van der Waals surface area contributed by atoms with Crippen LogP contribution in [0.15, 0.2) is 12.7 Å². The van der Waals surface area contributed by atoms with E-state index in [0.29, 0.717) is 12.3 Å². The quantitative estimate of drug-likeness (QED) is 0.380. The normalized spacial score (nSPS) is 12.4. The lowest BCUT2D eigenvalue weighted by Crippen LogP contribution is -1.94. The van der Waals surface area contributed by atoms with Crippen molar-refractivity contribution in [2.45, 2.75) is 58.3 Å². The van der Waals surface area contributed by atoms with Gasteiger partial charge in [0.2, 0.25) is 0 Å². The third-order valence-corrected chi connectivity index (χ3v) is 2.54. The Morgan fingerprint density at radius 2 is 1.86 bits per heavy atom. The summed E-state index contributed by atoms with van der Waals surface area (Å²) in [5.41, 5.74) is 0. The van der Waals surface area contributed by atoms with Gasteiger partial charge in [0.1, 0.15) is 0 Å². The van der Waals surface area contributed by atoms with E-state index >= 15 is 0 Å². The largest absolute Gasteiger partial charge is 0.291 e. The molecule has 0 spiro atoms. The fourth-order valence-electron chi connectivity index (χ4n) is 1.56. The second kappa shape index (κ2) is 10.5. The first-order valence-electron chi connectivity index (χ1n) is 5.77. The van der Waals surface area contributed by atoms with Gasteiger partial charge in [-0.25, -0.2) is 0 Å². The summed E-state index contributed by atoms with van der Waals surface area (Å²) in [6.07, 6.45) is 13.4. The van der Waals surface area contributed by atoms with E-state index < -0.39 is 0 Å². The summed E-state index contributed by atoms with van der Waals surface area (Å²) in [6, 6.07) is 0. The highest BCUT2D eigenvalue weighted by molar-refractivity contribution is 5.50. The molecule has 0 heterocycles. The minimum absolute atomic E-state index is 0.528. The van der Waals surface area contributed by atoms with Crippen LogP contribution in [0.2, 0.25) is 0 Å². The van der Waals surface area contributed by atoms with E-state index in [1.165, 1.54) is 38.5 Å². The molecule has 0 saturated heterocycles. The molecular weight excluding hydrogens is 172 g/mol. The number of unbranched alkanes of at least 4 members (excludes halogenated alkanes) is 5. The van der Waals surface area contributed by atoms with E-state index in [1.54, 1.807) is 0 Å². The second-order valence-electron chi connectivity index (χ2n) is 4.09. The number of hydrogen-bond donors (Lipinski definition) is 0. The standard InChI is InChI=1S/C13H23O/c1-3-4-5-6-7-8-9-10-13(2)11-12-14/h3,13H,1,4-11H2,2H3. The number of rotatable bonds is 10. The first-order chi connectivity index (χ1) is 6.81. The Balaban J connectivity index is 3.04. The predicted octanol–water partition coefficient (Wildman–Crippen LogP) is 4.04. The molecule has 1 unspecified atom stereocenters. The van der Waals surface area contributed by atoms with Crippen LogP contribution in [0, 0.1) is 5.92 Å². The van der Waals surface area contributed by atoms with Crippen LogP contribution in [-0.2, 0) is 4.79 Å². The van der Waals surface area contributed by atoms with Crippen LogP contribution >= 0.6 is 0 Å². The molecule has 0 N–H and O–H groups in total. The first-order valence-corrected chi connectivity index (χ1v) is 5.77. The van der Waals surface area contributed by atoms with Crippen LogP contribution in [0.5, 0.6) is 0 Å². The Kier molecular flexibility index (Phi) is 10.0. The second-order valence-corrected chi connectivity index (χ2v) is 4.09. The maximum absolute atomic E-state index is 10.1. The van der Waals surface area contributed by atoms with Crippen molar-refractivity contribution in [3.63, 3.8) is 0 Å². The maximum Gasteiger partial charge on any atom is 0.198 e. The Labute approximate surface area is 88.6 Å². The van der Waals surface area contributed by atoms with Gasteiger partial charge in [-0.1, -0.05) is 45.1 Å². The monoisotopic (exact) mass is 195 g/mol. The van der Waals surface area contributed by atoms with Crippen LogP contribution in [0.25, 0.3) is 0 Å². The van der Waals surface area contributed by atoms with E-state index in [4.69, 9.17) is 0 Å². The lowest BCUT2D eigenvalue weighted by Gasteiger charge is -2.06. The van der Waals surface area contributed by atoms with Crippen molar-refractivity contribution in [1.82, 2.24) is 0 Å². The van der Waals surface area contributed by atoms with Crippen molar-refractivity contribution in [3.05, 3.63) is 12.7 Å². The molecule has 81 valence electrons. The zero-order valence-electron chi connectivity index (χ0n) is 9.43. The van der Waals surface area contributed by atoms with E-state index in [2.05, 4.69) is 13.5 Å². The SMILES string of the molecule is C=CCCCCCCCC(C)C[C]=O. The van der Waals surface area contributed by atoms with Gasteiger partial charge in [0.25, 0.3) is 0 Å². The maximum atomic E-state index is 10.1. The highest BCUT2D eigenvalue weighted by Crippen LogP contribution is 2.13. The third kappa shape index (κ3) is 9.50. The van der Waals surface area contributed by atoms with E-state index in [0.717, 1.165) is 6.42 Å². The summed E-state index contributed by atoms with van der Waals surface area (Å²) in [6.45, 7) is 5.83. The molecule has 0 bridgehead atoms. The molecule has 0 aromatic heterocycles. The molecule has 0 aromatic carbocycles. The van der Waals surface area contributed by atoms with Gasteiger partial charge in [0.15, 0.2) is 6.29 Å². The minimum Gasteiger partial charge on any atom is -0.291 e. The molecule has 1 heteroatoms. The molecule has 1 radical (unpaired) electrons. The van der Waals surface area contributed by atoms with Crippen molar-refractivity contribution in [1.29, 1.82) is 0 Å². The Morgan fingerprint density at radius 1 is 1.21 bits per heavy atom. The summed E-state index contributed by atoms with van der Waals surface area (Å²) >= 11 is 0. The van der Waals surface area contributed by atoms with E-state index in [-0.39, 0.29) is 0 Å². The molecule has 0 amide bonds. The topological polar surface area (TPSA) is 17.1 Å². The lowest BCUT2D eigenvalue weighted by atomic mass is 10.00. The summed E-state index contributed by atoms with van der Waals surface area (Å²) < 4.78 is 0. The molecule has 1 atom stereocenters. The van der Waals surface area contributed by atoms with Crippen molar-refractivity contribution < 1.29 is 4.79 Å². The molecule has 14 heavy (non-hydrogen) atoms. The third-order valence-electron chi connectivity index (χ3n) is 2.54. The van der Waals surface area contributed by atoms with Gasteiger partial charge in [-0.15, -0.1) is 6.58 Å². The molecular formula is C13H23O. The Morgan fingerprint density at radius 3 is 2.50 bits per heavy atom. The molecule has 0 saturated carbocycles. The van der Waals surface area contributed by atoms with Crippen molar-refractivity contribution in [2.75, 3.05) is 0 Å². The van der Waals surface area contributed by atoms with Gasteiger partial charge in [-0.3, -0.25) is 4.79 Å². The predicted molar refractivity (Wildman–Crippen MR) is 62.0 cm³/mol. The van der Waals surface area contributed by atoms with Crippen molar-refractivity contribution in [3.8, 4) is 0 Å². The minimum atomic E-state index is 0.528. The average Bonchev–Trinajstić information content (AvgIpc) is 2.17. The molecule has 0 aliphatic heterocycles. The zero-order valence-corrected chi connectivity index (χ0v) is 9.43. The van der Waals surface area contributed by atoms with Gasteiger partial charge in [-0.2, -0.15) is 0 Å². The van der Waals surface area contributed by atoms with Crippen LogP contribution < -0.4 is 0 Å². The number of carbonyl (C=O) groups excluding carboxylic acids is 1. The Hall–Kier alpha value is -0.590. The van der Waals surface area contributed by atoms with E-state index in [1.807, 2.05) is 12.4 Å². The van der Waals surface area contributed by atoms with Gasteiger partial charge in [-0.05, 0) is 18.8 Å². The summed E-state index contributed by atoms with van der Waals surface area (Å²) in [4.78, 5) is 10.1. The van der Waals surface area contributed by atoms with Crippen LogP contribution in [0.4, 0.5) is 0 Å². The highest BCUT2D eigenvalue weighted by Gasteiger charge is 2.00. The number of allylic oxidation sites excluding steroid dienone is 1. The molecule has 0 aromatic rings. The van der Waals surface area contributed by atoms with E-state index in [9.17, 15) is 4.79 Å². The van der Waals surface area contributed by atoms with Crippen molar-refractivity contribution >= 4 is 6.29 Å². The van der Waals surface area contributed by atoms with Crippen LogP contribution in [0.3, 0.4) is 0 Å². The molecule has 0 aliphatic carbocycles. The molecule has 0 fully saturated rings. The smallest absolute Gasteiger partial charge is 0.198 e. The molecule has 1 nitrogen and oxygen atoms in total. The summed E-state index contributed by atoms with van der Waals surface area (Å²) in [5, 5.41) is 0. The van der Waals surface area contributed by atoms with Crippen LogP contribution in [-0.4, -0.2) is 6.29 Å². The van der Waals surface area contributed by atoms with Gasteiger partial charge < -0.3 is 0 Å². The average molecular weight is 195 g/mol. The summed E-state index contributed by atoms with van der Waals surface area (Å²) in [5.74, 6) is 0.528. The van der Waals surface area contributed by atoms with Gasteiger partial charge >= 0.3 is 0 Å². The van der Waals surface area contributed by atoms with Crippen molar-refractivity contribution in [2.24, 2.45) is 5.92 Å². The van der Waals surface area contributed by atoms with Gasteiger partial charge in [0, 0.05) is 6.42 Å². The fraction of sp³-hybridized carbons (Fsp3) is 0.769. The van der Waals surface area contributed by atoms with Crippen LogP contribution in [0.1, 0.15) is 58.3 Å². The first kappa shape index (κ1) is 13.4. The molecule has 0 aliphatic rings. The summed E-state index contributed by atoms with van der Waals surface area (Å²) in [7, 11) is 0. The number of hydrogen-bond acceptors (Lipinski definition) is 1. The zero-order chi connectivity index (χ0) is 10.6. The fourth-order valence-corrected chi connectivity index (χ4v) is 1.56. The lowest BCUT2D eigenvalue weighted by molar-refractivity contribution is 0.476. The Bertz CT molecular complexity index is 140.